The molecule has 2 aromatic rings. The van der Waals surface area contributed by atoms with E-state index in [1.54, 1.807) is 0 Å². The first kappa shape index (κ1) is 14.9. The standard InChI is InChI=1S/C16H20N4O2/c1-12-15(19-14-5-3-2-4-13(14)18-12)16(21)17-6-7-20-8-10-22-11-9-20/h2-5H,6-11H2,1H3,(H,17,21). The number of carbonyl (C=O) groups excluding carboxylic acids is 1. The second-order valence-corrected chi connectivity index (χ2v) is 5.36. The highest BCUT2D eigenvalue weighted by Crippen LogP contribution is 2.12. The number of rotatable bonds is 4. The van der Waals surface area contributed by atoms with Crippen LogP contribution in [0.5, 0.6) is 0 Å². The molecule has 0 unspecified atom stereocenters. The van der Waals surface area contributed by atoms with Crippen molar-refractivity contribution in [1.29, 1.82) is 0 Å². The molecule has 0 spiro atoms. The van der Waals surface area contributed by atoms with Crippen LogP contribution in [-0.4, -0.2) is 60.2 Å². The molecule has 2 heterocycles. The fourth-order valence-electron chi connectivity index (χ4n) is 2.54. The van der Waals surface area contributed by atoms with Gasteiger partial charge in [0.2, 0.25) is 0 Å². The first-order chi connectivity index (χ1) is 10.7. The maximum absolute atomic E-state index is 12.3. The molecule has 1 fully saturated rings. The number of aromatic nitrogens is 2. The molecule has 1 saturated heterocycles. The van der Waals surface area contributed by atoms with Crippen molar-refractivity contribution in [3.05, 3.63) is 35.7 Å². The zero-order chi connectivity index (χ0) is 15.4. The average molecular weight is 300 g/mol. The molecule has 6 heteroatoms. The van der Waals surface area contributed by atoms with Gasteiger partial charge in [-0.05, 0) is 19.1 Å². The minimum absolute atomic E-state index is 0.163. The largest absolute Gasteiger partial charge is 0.379 e. The van der Waals surface area contributed by atoms with Gasteiger partial charge in [0.15, 0.2) is 0 Å². The number of para-hydroxylation sites is 2. The van der Waals surface area contributed by atoms with Gasteiger partial charge >= 0.3 is 0 Å². The van der Waals surface area contributed by atoms with Gasteiger partial charge in [0, 0.05) is 26.2 Å². The Labute approximate surface area is 129 Å². The number of hydrogen-bond acceptors (Lipinski definition) is 5. The van der Waals surface area contributed by atoms with Gasteiger partial charge in [-0.3, -0.25) is 9.69 Å². The first-order valence-electron chi connectivity index (χ1n) is 7.56. The third-order valence-electron chi connectivity index (χ3n) is 3.78. The molecule has 0 atom stereocenters. The summed E-state index contributed by atoms with van der Waals surface area (Å²) < 4.78 is 5.31. The lowest BCUT2D eigenvalue weighted by Crippen LogP contribution is -2.41. The van der Waals surface area contributed by atoms with Gasteiger partial charge in [-0.1, -0.05) is 12.1 Å². The molecule has 22 heavy (non-hydrogen) atoms. The number of ether oxygens (including phenoxy) is 1. The van der Waals surface area contributed by atoms with Crippen LogP contribution in [0.25, 0.3) is 11.0 Å². The highest BCUT2D eigenvalue weighted by Gasteiger charge is 2.14. The molecule has 1 aromatic carbocycles. The Morgan fingerprint density at radius 1 is 1.23 bits per heavy atom. The molecule has 3 rings (SSSR count). The Morgan fingerprint density at radius 3 is 2.64 bits per heavy atom. The van der Waals surface area contributed by atoms with Crippen molar-refractivity contribution in [2.75, 3.05) is 39.4 Å². The minimum Gasteiger partial charge on any atom is -0.379 e. The summed E-state index contributed by atoms with van der Waals surface area (Å²) >= 11 is 0. The molecule has 0 radical (unpaired) electrons. The van der Waals surface area contributed by atoms with Gasteiger partial charge in [0.05, 0.1) is 29.9 Å². The molecule has 1 aliphatic rings. The van der Waals surface area contributed by atoms with Crippen LogP contribution in [0.1, 0.15) is 16.2 Å². The van der Waals surface area contributed by atoms with Gasteiger partial charge in [-0.25, -0.2) is 9.97 Å². The predicted molar refractivity (Wildman–Crippen MR) is 83.9 cm³/mol. The summed E-state index contributed by atoms with van der Waals surface area (Å²) in [4.78, 5) is 23.5. The zero-order valence-electron chi connectivity index (χ0n) is 12.7. The molecular formula is C16H20N4O2. The fourth-order valence-corrected chi connectivity index (χ4v) is 2.54. The topological polar surface area (TPSA) is 67.4 Å². The van der Waals surface area contributed by atoms with Crippen LogP contribution >= 0.6 is 0 Å². The number of morpholine rings is 1. The van der Waals surface area contributed by atoms with Crippen LogP contribution < -0.4 is 5.32 Å². The smallest absolute Gasteiger partial charge is 0.271 e. The summed E-state index contributed by atoms with van der Waals surface area (Å²) in [5.41, 5.74) is 2.61. The van der Waals surface area contributed by atoms with Crippen molar-refractivity contribution in [2.24, 2.45) is 0 Å². The van der Waals surface area contributed by atoms with E-state index in [0.29, 0.717) is 17.9 Å². The van der Waals surface area contributed by atoms with Crippen LogP contribution in [-0.2, 0) is 4.74 Å². The quantitative estimate of drug-likeness (QED) is 0.912. The molecule has 1 N–H and O–H groups in total. The number of nitrogens with zero attached hydrogens (tertiary/aromatic N) is 3. The van der Waals surface area contributed by atoms with Crippen LogP contribution in [0.2, 0.25) is 0 Å². The lowest BCUT2D eigenvalue weighted by Gasteiger charge is -2.26. The van der Waals surface area contributed by atoms with Gasteiger partial charge in [0.25, 0.3) is 5.91 Å². The fraction of sp³-hybridized carbons (Fsp3) is 0.438. The summed E-state index contributed by atoms with van der Waals surface area (Å²) in [6, 6.07) is 7.58. The summed E-state index contributed by atoms with van der Waals surface area (Å²) in [7, 11) is 0. The Kier molecular flexibility index (Phi) is 4.60. The van der Waals surface area contributed by atoms with E-state index >= 15 is 0 Å². The lowest BCUT2D eigenvalue weighted by atomic mass is 10.2. The third kappa shape index (κ3) is 3.40. The Bertz CT molecular complexity index is 668. The highest BCUT2D eigenvalue weighted by atomic mass is 16.5. The molecule has 6 nitrogen and oxygen atoms in total. The van der Waals surface area contributed by atoms with Crippen LogP contribution in [0.3, 0.4) is 0 Å². The van der Waals surface area contributed by atoms with E-state index in [4.69, 9.17) is 4.74 Å². The van der Waals surface area contributed by atoms with Crippen molar-refractivity contribution in [3.8, 4) is 0 Å². The first-order valence-corrected chi connectivity index (χ1v) is 7.56. The molecule has 1 aromatic heterocycles. The molecular weight excluding hydrogens is 280 g/mol. The molecule has 116 valence electrons. The summed E-state index contributed by atoms with van der Waals surface area (Å²) in [6.45, 7) is 6.63. The lowest BCUT2D eigenvalue weighted by molar-refractivity contribution is 0.0383. The maximum atomic E-state index is 12.3. The molecule has 1 amide bonds. The zero-order valence-corrected chi connectivity index (χ0v) is 12.7. The van der Waals surface area contributed by atoms with Crippen molar-refractivity contribution in [2.45, 2.75) is 6.92 Å². The monoisotopic (exact) mass is 300 g/mol. The number of carbonyl (C=O) groups is 1. The van der Waals surface area contributed by atoms with Crippen molar-refractivity contribution >= 4 is 16.9 Å². The van der Waals surface area contributed by atoms with E-state index in [1.807, 2.05) is 31.2 Å². The van der Waals surface area contributed by atoms with Crippen LogP contribution in [0, 0.1) is 6.92 Å². The molecule has 1 aliphatic heterocycles. The predicted octanol–water partition coefficient (Wildman–Crippen LogP) is 1.00. The maximum Gasteiger partial charge on any atom is 0.271 e. The van der Waals surface area contributed by atoms with E-state index in [2.05, 4.69) is 20.2 Å². The summed E-state index contributed by atoms with van der Waals surface area (Å²) in [5.74, 6) is -0.163. The Morgan fingerprint density at radius 2 is 1.91 bits per heavy atom. The van der Waals surface area contributed by atoms with Gasteiger partial charge in [0.1, 0.15) is 5.69 Å². The van der Waals surface area contributed by atoms with Gasteiger partial charge < -0.3 is 10.1 Å². The van der Waals surface area contributed by atoms with Gasteiger partial charge in [-0.15, -0.1) is 0 Å². The van der Waals surface area contributed by atoms with E-state index in [-0.39, 0.29) is 5.91 Å². The number of benzene rings is 1. The number of aryl methyl sites for hydroxylation is 1. The SMILES string of the molecule is Cc1nc2ccccc2nc1C(=O)NCCN1CCOCC1. The van der Waals surface area contributed by atoms with E-state index in [1.165, 1.54) is 0 Å². The number of fused-ring (bicyclic) bond motifs is 1. The van der Waals surface area contributed by atoms with Crippen molar-refractivity contribution in [1.82, 2.24) is 20.2 Å². The second-order valence-electron chi connectivity index (χ2n) is 5.36. The highest BCUT2D eigenvalue weighted by molar-refractivity contribution is 5.95. The molecule has 0 saturated carbocycles. The summed E-state index contributed by atoms with van der Waals surface area (Å²) in [5, 5.41) is 2.93. The minimum atomic E-state index is -0.163. The van der Waals surface area contributed by atoms with Crippen molar-refractivity contribution < 1.29 is 9.53 Å². The van der Waals surface area contributed by atoms with E-state index in [0.717, 1.165) is 43.9 Å². The summed E-state index contributed by atoms with van der Waals surface area (Å²) in [6.07, 6.45) is 0. The van der Waals surface area contributed by atoms with E-state index in [9.17, 15) is 4.79 Å². The Balaban J connectivity index is 1.63. The average Bonchev–Trinajstić information content (AvgIpc) is 2.55. The number of nitrogens with one attached hydrogen (secondary N) is 1. The molecule has 0 bridgehead atoms. The van der Waals surface area contributed by atoms with Crippen LogP contribution in [0.4, 0.5) is 0 Å². The van der Waals surface area contributed by atoms with Crippen LogP contribution in [0.15, 0.2) is 24.3 Å². The third-order valence-corrected chi connectivity index (χ3v) is 3.78. The molecule has 0 aliphatic carbocycles. The normalized spacial score (nSPS) is 15.9. The van der Waals surface area contributed by atoms with Crippen molar-refractivity contribution in [3.63, 3.8) is 0 Å². The number of hydrogen-bond donors (Lipinski definition) is 1. The van der Waals surface area contributed by atoms with Gasteiger partial charge in [-0.2, -0.15) is 0 Å². The Hall–Kier alpha value is -2.05. The number of amides is 1. The second kappa shape index (κ2) is 6.81. The van der Waals surface area contributed by atoms with E-state index < -0.39 is 0 Å².